The lowest BCUT2D eigenvalue weighted by Gasteiger charge is -2.15. The van der Waals surface area contributed by atoms with Crippen molar-refractivity contribution in [2.45, 2.75) is 19.4 Å². The van der Waals surface area contributed by atoms with Gasteiger partial charge in [0.05, 0.1) is 6.04 Å². The summed E-state index contributed by atoms with van der Waals surface area (Å²) in [6, 6.07) is 12.0. The first-order valence-corrected chi connectivity index (χ1v) is 7.09. The summed E-state index contributed by atoms with van der Waals surface area (Å²) in [5.74, 6) is 0.943. The number of rotatable bonds is 5. The number of furan rings is 1. The first-order valence-electron chi connectivity index (χ1n) is 5.92. The molecule has 0 bridgehead atoms. The summed E-state index contributed by atoms with van der Waals surface area (Å²) in [4.78, 5) is 0. The molecule has 0 amide bonds. The maximum Gasteiger partial charge on any atom is 0.169 e. The van der Waals surface area contributed by atoms with Crippen LogP contribution < -0.4 is 5.32 Å². The highest BCUT2D eigenvalue weighted by Gasteiger charge is 2.14. The summed E-state index contributed by atoms with van der Waals surface area (Å²) in [6.45, 7) is 2.99. The fourth-order valence-corrected chi connectivity index (χ4v) is 2.34. The van der Waals surface area contributed by atoms with E-state index in [2.05, 4.69) is 28.2 Å². The zero-order chi connectivity index (χ0) is 13.0. The summed E-state index contributed by atoms with van der Waals surface area (Å²) in [5, 5.41) is 4.19. The fraction of sp³-hybridized carbons (Fsp3) is 0.286. The molecule has 2 nitrogen and oxygen atoms in total. The van der Waals surface area contributed by atoms with Crippen molar-refractivity contribution in [2.24, 2.45) is 0 Å². The Bertz CT molecular complexity index is 495. The summed E-state index contributed by atoms with van der Waals surface area (Å²) in [5.41, 5.74) is 1.23. The Morgan fingerprint density at radius 3 is 2.50 bits per heavy atom. The quantitative estimate of drug-likeness (QED) is 0.868. The lowest BCUT2D eigenvalue weighted by Crippen LogP contribution is -2.22. The second kappa shape index (κ2) is 6.41. The molecule has 0 aliphatic rings. The SMILES string of the molecule is CCNC(Cc1ccc(Cl)cc1)c1ccc(Br)o1. The molecule has 96 valence electrons. The lowest BCUT2D eigenvalue weighted by molar-refractivity contribution is 0.405. The van der Waals surface area contributed by atoms with Crippen molar-refractivity contribution < 1.29 is 4.42 Å². The minimum absolute atomic E-state index is 0.183. The highest BCUT2D eigenvalue weighted by Crippen LogP contribution is 2.24. The van der Waals surface area contributed by atoms with Gasteiger partial charge in [-0.25, -0.2) is 0 Å². The van der Waals surface area contributed by atoms with Crippen LogP contribution in [0.3, 0.4) is 0 Å². The molecule has 1 unspecified atom stereocenters. The number of nitrogens with one attached hydrogen (secondary N) is 1. The molecule has 0 spiro atoms. The van der Waals surface area contributed by atoms with E-state index in [4.69, 9.17) is 16.0 Å². The van der Waals surface area contributed by atoms with Gasteiger partial charge in [0.15, 0.2) is 4.67 Å². The average Bonchev–Trinajstić information content (AvgIpc) is 2.78. The van der Waals surface area contributed by atoms with E-state index in [0.717, 1.165) is 28.4 Å². The van der Waals surface area contributed by atoms with E-state index in [1.54, 1.807) is 0 Å². The topological polar surface area (TPSA) is 25.2 Å². The van der Waals surface area contributed by atoms with Crippen LogP contribution in [0.2, 0.25) is 5.02 Å². The van der Waals surface area contributed by atoms with Crippen LogP contribution >= 0.6 is 27.5 Å². The molecule has 18 heavy (non-hydrogen) atoms. The van der Waals surface area contributed by atoms with Crippen LogP contribution in [0, 0.1) is 0 Å². The van der Waals surface area contributed by atoms with Crippen LogP contribution in [-0.4, -0.2) is 6.54 Å². The number of benzene rings is 1. The summed E-state index contributed by atoms with van der Waals surface area (Å²) in [6.07, 6.45) is 0.880. The molecular weight excluding hydrogens is 314 g/mol. The molecule has 1 heterocycles. The van der Waals surface area contributed by atoms with Crippen molar-refractivity contribution in [2.75, 3.05) is 6.54 Å². The van der Waals surface area contributed by atoms with Gasteiger partial charge in [0.1, 0.15) is 5.76 Å². The minimum atomic E-state index is 0.183. The van der Waals surface area contributed by atoms with Crippen LogP contribution in [0.5, 0.6) is 0 Å². The largest absolute Gasteiger partial charge is 0.453 e. The van der Waals surface area contributed by atoms with E-state index < -0.39 is 0 Å². The maximum atomic E-state index is 5.89. The molecule has 1 aromatic carbocycles. The van der Waals surface area contributed by atoms with Crippen molar-refractivity contribution in [3.05, 3.63) is 57.4 Å². The number of hydrogen-bond donors (Lipinski definition) is 1. The number of likely N-dealkylation sites (N-methyl/N-ethyl adjacent to an activating group) is 1. The van der Waals surface area contributed by atoms with Gasteiger partial charge >= 0.3 is 0 Å². The third-order valence-electron chi connectivity index (χ3n) is 2.74. The van der Waals surface area contributed by atoms with Gasteiger partial charge in [-0.05, 0) is 58.7 Å². The molecule has 4 heteroatoms. The molecule has 1 aromatic heterocycles. The fourth-order valence-electron chi connectivity index (χ4n) is 1.89. The van der Waals surface area contributed by atoms with E-state index in [1.165, 1.54) is 5.56 Å². The summed E-state index contributed by atoms with van der Waals surface area (Å²) in [7, 11) is 0. The van der Waals surface area contributed by atoms with Crippen molar-refractivity contribution in [1.29, 1.82) is 0 Å². The van der Waals surface area contributed by atoms with E-state index >= 15 is 0 Å². The van der Waals surface area contributed by atoms with Crippen LogP contribution in [0.1, 0.15) is 24.3 Å². The average molecular weight is 329 g/mol. The Balaban J connectivity index is 2.13. The normalized spacial score (nSPS) is 12.6. The Kier molecular flexibility index (Phi) is 4.87. The van der Waals surface area contributed by atoms with Gasteiger partial charge in [-0.3, -0.25) is 0 Å². The second-order valence-corrected chi connectivity index (χ2v) is 5.30. The zero-order valence-corrected chi connectivity index (χ0v) is 12.5. The van der Waals surface area contributed by atoms with E-state index in [0.29, 0.717) is 0 Å². The van der Waals surface area contributed by atoms with Crippen LogP contribution in [-0.2, 0) is 6.42 Å². The standard InChI is InChI=1S/C14H15BrClNO/c1-2-17-12(13-7-8-14(15)18-13)9-10-3-5-11(16)6-4-10/h3-8,12,17H,2,9H2,1H3. The van der Waals surface area contributed by atoms with Crippen molar-refractivity contribution in [3.63, 3.8) is 0 Å². The Labute approximate surface area is 120 Å². The van der Waals surface area contributed by atoms with E-state index in [1.807, 2.05) is 36.4 Å². The highest BCUT2D eigenvalue weighted by molar-refractivity contribution is 9.10. The first kappa shape index (κ1) is 13.7. The number of hydrogen-bond acceptors (Lipinski definition) is 2. The van der Waals surface area contributed by atoms with Gasteiger partial charge in [-0.15, -0.1) is 0 Å². The van der Waals surface area contributed by atoms with Gasteiger partial charge in [0.25, 0.3) is 0 Å². The predicted octanol–water partition coefficient (Wildman–Crippen LogP) is 4.59. The molecule has 0 radical (unpaired) electrons. The third kappa shape index (κ3) is 3.61. The van der Waals surface area contributed by atoms with Crippen LogP contribution in [0.15, 0.2) is 45.5 Å². The molecule has 0 fully saturated rings. The molecular formula is C14H15BrClNO. The van der Waals surface area contributed by atoms with Gasteiger partial charge in [0.2, 0.25) is 0 Å². The Morgan fingerprint density at radius 1 is 1.22 bits per heavy atom. The molecule has 0 saturated heterocycles. The molecule has 2 rings (SSSR count). The Hall–Kier alpha value is -0.770. The minimum Gasteiger partial charge on any atom is -0.453 e. The van der Waals surface area contributed by atoms with Gasteiger partial charge < -0.3 is 9.73 Å². The zero-order valence-electron chi connectivity index (χ0n) is 10.1. The molecule has 2 aromatic rings. The van der Waals surface area contributed by atoms with E-state index in [-0.39, 0.29) is 6.04 Å². The third-order valence-corrected chi connectivity index (χ3v) is 3.42. The van der Waals surface area contributed by atoms with Crippen LogP contribution in [0.4, 0.5) is 0 Å². The maximum absolute atomic E-state index is 5.89. The van der Waals surface area contributed by atoms with Crippen molar-refractivity contribution >= 4 is 27.5 Å². The molecule has 0 aliphatic carbocycles. The number of halogens is 2. The summed E-state index contributed by atoms with van der Waals surface area (Å²) >= 11 is 9.22. The molecule has 0 saturated carbocycles. The van der Waals surface area contributed by atoms with Gasteiger partial charge in [-0.2, -0.15) is 0 Å². The predicted molar refractivity (Wildman–Crippen MR) is 78.0 cm³/mol. The summed E-state index contributed by atoms with van der Waals surface area (Å²) < 4.78 is 6.38. The Morgan fingerprint density at radius 2 is 1.94 bits per heavy atom. The van der Waals surface area contributed by atoms with E-state index in [9.17, 15) is 0 Å². The molecule has 0 aliphatic heterocycles. The van der Waals surface area contributed by atoms with Crippen molar-refractivity contribution in [3.8, 4) is 0 Å². The van der Waals surface area contributed by atoms with Crippen molar-refractivity contribution in [1.82, 2.24) is 5.32 Å². The highest BCUT2D eigenvalue weighted by atomic mass is 79.9. The smallest absolute Gasteiger partial charge is 0.169 e. The second-order valence-electron chi connectivity index (χ2n) is 4.08. The molecule has 1 N–H and O–H groups in total. The van der Waals surface area contributed by atoms with Gasteiger partial charge in [0, 0.05) is 5.02 Å². The van der Waals surface area contributed by atoms with Gasteiger partial charge in [-0.1, -0.05) is 30.7 Å². The van der Waals surface area contributed by atoms with Crippen LogP contribution in [0.25, 0.3) is 0 Å². The monoisotopic (exact) mass is 327 g/mol. The molecule has 1 atom stereocenters. The first-order chi connectivity index (χ1) is 8.69. The lowest BCUT2D eigenvalue weighted by atomic mass is 10.0.